The predicted molar refractivity (Wildman–Crippen MR) is 91.3 cm³/mol. The van der Waals surface area contributed by atoms with Gasteiger partial charge in [0.2, 0.25) is 0 Å². The van der Waals surface area contributed by atoms with Gasteiger partial charge in [-0.3, -0.25) is 4.79 Å². The Hall–Kier alpha value is -3.34. The molecular weight excluding hydrogens is 306 g/mol. The van der Waals surface area contributed by atoms with E-state index in [1.807, 2.05) is 41.0 Å². The van der Waals surface area contributed by atoms with E-state index in [4.69, 9.17) is 9.15 Å². The minimum Gasteiger partial charge on any atom is -0.497 e. The van der Waals surface area contributed by atoms with Crippen LogP contribution in [0.1, 0.15) is 10.4 Å². The highest BCUT2D eigenvalue weighted by Crippen LogP contribution is 2.30. The molecule has 4 rings (SSSR count). The van der Waals surface area contributed by atoms with Gasteiger partial charge in [-0.15, -0.1) is 0 Å². The van der Waals surface area contributed by atoms with Gasteiger partial charge in [-0.2, -0.15) is 0 Å². The SMILES string of the molecule is COc1ccc2c(c1)c(C=O)cn2-c1cc(=O)oc2ccccc12. The van der Waals surface area contributed by atoms with Gasteiger partial charge in [0.1, 0.15) is 11.3 Å². The maximum atomic E-state index is 11.9. The van der Waals surface area contributed by atoms with Crippen LogP contribution in [0.4, 0.5) is 0 Å². The smallest absolute Gasteiger partial charge is 0.338 e. The average molecular weight is 319 g/mol. The maximum Gasteiger partial charge on any atom is 0.338 e. The first-order chi connectivity index (χ1) is 11.7. The molecule has 0 N–H and O–H groups in total. The number of fused-ring (bicyclic) bond motifs is 2. The molecule has 0 radical (unpaired) electrons. The van der Waals surface area contributed by atoms with Crippen molar-refractivity contribution >= 4 is 28.2 Å². The summed E-state index contributed by atoms with van der Waals surface area (Å²) in [7, 11) is 1.58. The lowest BCUT2D eigenvalue weighted by Crippen LogP contribution is -2.03. The normalized spacial score (nSPS) is 11.0. The molecule has 0 fully saturated rings. The van der Waals surface area contributed by atoms with Gasteiger partial charge >= 0.3 is 5.63 Å². The highest BCUT2D eigenvalue weighted by molar-refractivity contribution is 6.00. The molecule has 0 saturated heterocycles. The fraction of sp³-hybridized carbons (Fsp3) is 0.0526. The molecule has 5 nitrogen and oxygen atoms in total. The van der Waals surface area contributed by atoms with Gasteiger partial charge in [0, 0.05) is 28.6 Å². The Morgan fingerprint density at radius 1 is 1.08 bits per heavy atom. The van der Waals surface area contributed by atoms with E-state index in [-0.39, 0.29) is 0 Å². The van der Waals surface area contributed by atoms with Crippen molar-refractivity contribution in [3.05, 3.63) is 70.7 Å². The van der Waals surface area contributed by atoms with Crippen molar-refractivity contribution in [2.24, 2.45) is 0 Å². The molecule has 0 aliphatic carbocycles. The van der Waals surface area contributed by atoms with Crippen molar-refractivity contribution in [2.75, 3.05) is 7.11 Å². The summed E-state index contributed by atoms with van der Waals surface area (Å²) in [5, 5.41) is 1.56. The number of aromatic nitrogens is 1. The van der Waals surface area contributed by atoms with Gasteiger partial charge in [-0.05, 0) is 30.3 Å². The number of benzene rings is 2. The first-order valence-electron chi connectivity index (χ1n) is 7.39. The van der Waals surface area contributed by atoms with Crippen LogP contribution in [0.15, 0.2) is 63.9 Å². The third-order valence-corrected chi connectivity index (χ3v) is 4.06. The number of carbonyl (C=O) groups is 1. The maximum absolute atomic E-state index is 11.9. The van der Waals surface area contributed by atoms with Gasteiger partial charge in [-0.1, -0.05) is 12.1 Å². The summed E-state index contributed by atoms with van der Waals surface area (Å²) < 4.78 is 12.3. The molecule has 24 heavy (non-hydrogen) atoms. The molecule has 0 aliphatic rings. The second-order valence-electron chi connectivity index (χ2n) is 5.40. The van der Waals surface area contributed by atoms with Crippen molar-refractivity contribution < 1.29 is 13.9 Å². The fourth-order valence-corrected chi connectivity index (χ4v) is 2.95. The molecule has 2 heterocycles. The molecule has 2 aromatic heterocycles. The lowest BCUT2D eigenvalue weighted by Gasteiger charge is -2.08. The van der Waals surface area contributed by atoms with Crippen molar-refractivity contribution in [1.29, 1.82) is 0 Å². The van der Waals surface area contributed by atoms with Gasteiger partial charge in [0.15, 0.2) is 6.29 Å². The Labute approximate surface area is 136 Å². The van der Waals surface area contributed by atoms with Gasteiger partial charge in [0.05, 0.1) is 18.3 Å². The number of hydrogen-bond acceptors (Lipinski definition) is 4. The lowest BCUT2D eigenvalue weighted by atomic mass is 10.2. The number of aldehydes is 1. The minimum absolute atomic E-state index is 0.438. The van der Waals surface area contributed by atoms with E-state index in [9.17, 15) is 9.59 Å². The van der Waals surface area contributed by atoms with Crippen LogP contribution in [0.2, 0.25) is 0 Å². The van der Waals surface area contributed by atoms with Crippen molar-refractivity contribution in [3.8, 4) is 11.4 Å². The summed E-state index contributed by atoms with van der Waals surface area (Å²) in [6.45, 7) is 0. The van der Waals surface area contributed by atoms with E-state index >= 15 is 0 Å². The summed E-state index contributed by atoms with van der Waals surface area (Å²) in [4.78, 5) is 23.4. The number of nitrogens with zero attached hydrogens (tertiary/aromatic N) is 1. The number of para-hydroxylation sites is 1. The summed E-state index contributed by atoms with van der Waals surface area (Å²) in [6.07, 6.45) is 2.52. The van der Waals surface area contributed by atoms with Gasteiger partial charge in [-0.25, -0.2) is 4.79 Å². The molecule has 0 aliphatic heterocycles. The fourth-order valence-electron chi connectivity index (χ4n) is 2.95. The Morgan fingerprint density at radius 3 is 2.71 bits per heavy atom. The topological polar surface area (TPSA) is 61.4 Å². The molecule has 2 aromatic carbocycles. The van der Waals surface area contributed by atoms with E-state index < -0.39 is 5.63 Å². The number of methoxy groups -OCH3 is 1. The van der Waals surface area contributed by atoms with E-state index in [1.165, 1.54) is 6.07 Å². The van der Waals surface area contributed by atoms with Crippen molar-refractivity contribution in [2.45, 2.75) is 0 Å². The second-order valence-corrected chi connectivity index (χ2v) is 5.40. The second kappa shape index (κ2) is 5.38. The molecule has 0 spiro atoms. The van der Waals surface area contributed by atoms with Crippen molar-refractivity contribution in [3.63, 3.8) is 0 Å². The van der Waals surface area contributed by atoms with Crippen LogP contribution in [0.3, 0.4) is 0 Å². The molecule has 0 saturated carbocycles. The average Bonchev–Trinajstić information content (AvgIpc) is 2.98. The largest absolute Gasteiger partial charge is 0.497 e. The van der Waals surface area contributed by atoms with Crippen LogP contribution >= 0.6 is 0 Å². The summed E-state index contributed by atoms with van der Waals surface area (Å²) >= 11 is 0. The molecule has 0 unspecified atom stereocenters. The Balaban J connectivity index is 2.11. The standard InChI is InChI=1S/C19H13NO4/c1-23-13-6-7-16-15(8-13)12(11-21)10-20(16)17-9-19(22)24-18-5-3-2-4-14(17)18/h2-11H,1H3. The molecule has 118 valence electrons. The van der Waals surface area contributed by atoms with Crippen LogP contribution in [-0.4, -0.2) is 18.0 Å². The zero-order valence-electron chi connectivity index (χ0n) is 12.9. The molecular formula is C19H13NO4. The highest BCUT2D eigenvalue weighted by atomic mass is 16.5. The minimum atomic E-state index is -0.438. The first-order valence-corrected chi connectivity index (χ1v) is 7.39. The Bertz CT molecular complexity index is 1140. The van der Waals surface area contributed by atoms with E-state index in [1.54, 1.807) is 19.4 Å². The molecule has 4 aromatic rings. The first kappa shape index (κ1) is 14.3. The number of carbonyl (C=O) groups excluding carboxylic acids is 1. The van der Waals surface area contributed by atoms with Crippen LogP contribution in [0.25, 0.3) is 27.6 Å². The zero-order valence-corrected chi connectivity index (χ0v) is 12.9. The van der Waals surface area contributed by atoms with Gasteiger partial charge < -0.3 is 13.7 Å². The van der Waals surface area contributed by atoms with Crippen molar-refractivity contribution in [1.82, 2.24) is 4.57 Å². The molecule has 5 heteroatoms. The lowest BCUT2D eigenvalue weighted by molar-refractivity contribution is 0.112. The van der Waals surface area contributed by atoms with E-state index in [0.717, 1.165) is 22.6 Å². The summed E-state index contributed by atoms with van der Waals surface area (Å²) in [6, 6.07) is 14.2. The number of hydrogen-bond donors (Lipinski definition) is 0. The highest BCUT2D eigenvalue weighted by Gasteiger charge is 2.14. The Morgan fingerprint density at radius 2 is 1.92 bits per heavy atom. The number of rotatable bonds is 3. The Kier molecular flexibility index (Phi) is 3.20. The molecule has 0 amide bonds. The zero-order chi connectivity index (χ0) is 16.7. The van der Waals surface area contributed by atoms with Crippen LogP contribution in [-0.2, 0) is 0 Å². The predicted octanol–water partition coefficient (Wildman–Crippen LogP) is 3.56. The summed E-state index contributed by atoms with van der Waals surface area (Å²) in [5.74, 6) is 0.667. The summed E-state index contributed by atoms with van der Waals surface area (Å²) in [5.41, 5.74) is 2.08. The van der Waals surface area contributed by atoms with E-state index in [0.29, 0.717) is 22.6 Å². The van der Waals surface area contributed by atoms with Gasteiger partial charge in [0.25, 0.3) is 0 Å². The van der Waals surface area contributed by atoms with Crippen LogP contribution in [0, 0.1) is 0 Å². The number of ether oxygens (including phenoxy) is 1. The quantitative estimate of drug-likeness (QED) is 0.428. The molecule has 0 bridgehead atoms. The van der Waals surface area contributed by atoms with Crippen LogP contribution < -0.4 is 10.4 Å². The third kappa shape index (κ3) is 2.10. The molecule has 0 atom stereocenters. The monoisotopic (exact) mass is 319 g/mol. The third-order valence-electron chi connectivity index (χ3n) is 4.06. The van der Waals surface area contributed by atoms with Crippen LogP contribution in [0.5, 0.6) is 5.75 Å². The van der Waals surface area contributed by atoms with E-state index in [2.05, 4.69) is 0 Å².